The first-order valence-electron chi connectivity index (χ1n) is 6.29. The van der Waals surface area contributed by atoms with Crippen LogP contribution in [0.3, 0.4) is 0 Å². The van der Waals surface area contributed by atoms with Crippen molar-refractivity contribution in [1.29, 1.82) is 0 Å². The molecule has 0 radical (unpaired) electrons. The van der Waals surface area contributed by atoms with Gasteiger partial charge in [-0.15, -0.1) is 11.3 Å². The molecule has 2 N–H and O–H groups in total. The summed E-state index contributed by atoms with van der Waals surface area (Å²) in [5.41, 5.74) is 0.866. The first-order valence-corrected chi connectivity index (χ1v) is 7.17. The van der Waals surface area contributed by atoms with E-state index in [4.69, 9.17) is 4.74 Å². The van der Waals surface area contributed by atoms with Gasteiger partial charge in [0.25, 0.3) is 0 Å². The molecule has 0 fully saturated rings. The van der Waals surface area contributed by atoms with Crippen LogP contribution in [0, 0.1) is 0 Å². The molecule has 19 heavy (non-hydrogen) atoms. The maximum Gasteiger partial charge on any atom is 0.119 e. The molecule has 2 rings (SSSR count). The van der Waals surface area contributed by atoms with Crippen LogP contribution < -0.4 is 10.1 Å². The van der Waals surface area contributed by atoms with Gasteiger partial charge in [0.05, 0.1) is 13.2 Å². The highest BCUT2D eigenvalue weighted by atomic mass is 32.1. The van der Waals surface area contributed by atoms with Crippen molar-refractivity contribution in [3.05, 3.63) is 52.2 Å². The molecule has 1 heterocycles. The van der Waals surface area contributed by atoms with Gasteiger partial charge >= 0.3 is 0 Å². The number of hydrogen-bond acceptors (Lipinski definition) is 4. The highest BCUT2D eigenvalue weighted by Crippen LogP contribution is 2.21. The number of thiophene rings is 1. The topological polar surface area (TPSA) is 41.5 Å². The Morgan fingerprint density at radius 2 is 2.16 bits per heavy atom. The Morgan fingerprint density at radius 3 is 2.84 bits per heavy atom. The molecular weight excluding hydrogens is 258 g/mol. The minimum absolute atomic E-state index is 0.250. The van der Waals surface area contributed by atoms with Gasteiger partial charge in [-0.3, -0.25) is 0 Å². The number of ether oxygens (including phenoxy) is 1. The van der Waals surface area contributed by atoms with E-state index in [1.54, 1.807) is 18.4 Å². The van der Waals surface area contributed by atoms with Crippen LogP contribution >= 0.6 is 11.3 Å². The third-order valence-electron chi connectivity index (χ3n) is 3.07. The van der Waals surface area contributed by atoms with Crippen LogP contribution in [0.5, 0.6) is 5.75 Å². The van der Waals surface area contributed by atoms with Gasteiger partial charge in [0.15, 0.2) is 0 Å². The van der Waals surface area contributed by atoms with E-state index < -0.39 is 6.10 Å². The number of aliphatic hydroxyl groups is 1. The summed E-state index contributed by atoms with van der Waals surface area (Å²) in [7, 11) is 1.63. The molecule has 0 aliphatic carbocycles. The third kappa shape index (κ3) is 3.80. The monoisotopic (exact) mass is 277 g/mol. The first kappa shape index (κ1) is 14.1. The zero-order valence-corrected chi connectivity index (χ0v) is 12.0. The van der Waals surface area contributed by atoms with Crippen molar-refractivity contribution in [2.75, 3.05) is 13.7 Å². The summed E-state index contributed by atoms with van der Waals surface area (Å²) in [6.07, 6.45) is -0.530. The van der Waals surface area contributed by atoms with Crippen molar-refractivity contribution >= 4 is 11.3 Å². The van der Waals surface area contributed by atoms with Gasteiger partial charge in [0, 0.05) is 17.5 Å². The summed E-state index contributed by atoms with van der Waals surface area (Å²) < 4.78 is 5.16. The average Bonchev–Trinajstić information content (AvgIpc) is 2.98. The first-order chi connectivity index (χ1) is 9.20. The largest absolute Gasteiger partial charge is 0.497 e. The molecule has 0 amide bonds. The van der Waals surface area contributed by atoms with Crippen molar-refractivity contribution in [3.8, 4) is 5.75 Å². The van der Waals surface area contributed by atoms with Crippen LogP contribution in [0.1, 0.15) is 29.5 Å². The van der Waals surface area contributed by atoms with Crippen LogP contribution in [0.4, 0.5) is 0 Å². The zero-order chi connectivity index (χ0) is 13.7. The molecule has 2 atom stereocenters. The average molecular weight is 277 g/mol. The van der Waals surface area contributed by atoms with Gasteiger partial charge in [0.2, 0.25) is 0 Å². The Bertz CT molecular complexity index is 499. The summed E-state index contributed by atoms with van der Waals surface area (Å²) in [5, 5.41) is 15.6. The summed E-state index contributed by atoms with van der Waals surface area (Å²) in [5.74, 6) is 0.767. The van der Waals surface area contributed by atoms with Gasteiger partial charge in [-0.05, 0) is 36.1 Å². The fourth-order valence-electron chi connectivity index (χ4n) is 1.89. The predicted octanol–water partition coefficient (Wildman–Crippen LogP) is 3.14. The Labute approximate surface area is 117 Å². The lowest BCUT2D eigenvalue weighted by molar-refractivity contribution is 0.170. The number of hydrogen-bond donors (Lipinski definition) is 2. The summed E-state index contributed by atoms with van der Waals surface area (Å²) >= 11 is 1.72. The summed E-state index contributed by atoms with van der Waals surface area (Å²) in [6.45, 7) is 2.62. The molecule has 2 aromatic rings. The maximum absolute atomic E-state index is 10.2. The molecule has 0 aliphatic heterocycles. The van der Waals surface area contributed by atoms with E-state index in [1.807, 2.05) is 30.3 Å². The standard InChI is InChI=1S/C15H19NO2S/c1-11(15-7-4-8-19-15)16-10-14(17)12-5-3-6-13(9-12)18-2/h3-9,11,14,16-17H,10H2,1-2H3/t11-,14?/m1/s1. The lowest BCUT2D eigenvalue weighted by Gasteiger charge is -2.17. The number of nitrogens with one attached hydrogen (secondary N) is 1. The molecular formula is C15H19NO2S. The molecule has 1 aromatic heterocycles. The van der Waals surface area contributed by atoms with Crippen LogP contribution in [-0.4, -0.2) is 18.8 Å². The van der Waals surface area contributed by atoms with Crippen LogP contribution in [0.15, 0.2) is 41.8 Å². The summed E-state index contributed by atoms with van der Waals surface area (Å²) in [6, 6.07) is 11.9. The van der Waals surface area contributed by atoms with E-state index in [1.165, 1.54) is 4.88 Å². The Hall–Kier alpha value is -1.36. The number of rotatable bonds is 6. The molecule has 4 heteroatoms. The van der Waals surface area contributed by atoms with E-state index in [9.17, 15) is 5.11 Å². The fourth-order valence-corrected chi connectivity index (χ4v) is 2.65. The van der Waals surface area contributed by atoms with Crippen molar-refractivity contribution in [1.82, 2.24) is 5.32 Å². The molecule has 1 unspecified atom stereocenters. The second-order valence-corrected chi connectivity index (χ2v) is 5.42. The number of benzene rings is 1. The molecule has 3 nitrogen and oxygen atoms in total. The van der Waals surface area contributed by atoms with Crippen molar-refractivity contribution < 1.29 is 9.84 Å². The molecule has 102 valence electrons. The van der Waals surface area contributed by atoms with Gasteiger partial charge in [0.1, 0.15) is 5.75 Å². The van der Waals surface area contributed by atoms with Gasteiger partial charge in [-0.1, -0.05) is 18.2 Å². The third-order valence-corrected chi connectivity index (χ3v) is 4.12. The maximum atomic E-state index is 10.2. The van der Waals surface area contributed by atoms with Gasteiger partial charge < -0.3 is 15.2 Å². The van der Waals surface area contributed by atoms with Crippen LogP contribution in [0.2, 0.25) is 0 Å². The minimum atomic E-state index is -0.530. The van der Waals surface area contributed by atoms with Gasteiger partial charge in [-0.25, -0.2) is 0 Å². The number of aliphatic hydroxyl groups excluding tert-OH is 1. The molecule has 0 aliphatic rings. The smallest absolute Gasteiger partial charge is 0.119 e. The Kier molecular flexibility index (Phi) is 4.96. The van der Waals surface area contributed by atoms with Crippen LogP contribution in [0.25, 0.3) is 0 Å². The highest BCUT2D eigenvalue weighted by Gasteiger charge is 2.11. The minimum Gasteiger partial charge on any atom is -0.497 e. The van der Waals surface area contributed by atoms with Crippen molar-refractivity contribution in [2.45, 2.75) is 19.1 Å². The van der Waals surface area contributed by atoms with Gasteiger partial charge in [-0.2, -0.15) is 0 Å². The van der Waals surface area contributed by atoms with E-state index in [0.29, 0.717) is 6.54 Å². The predicted molar refractivity (Wildman–Crippen MR) is 78.7 cm³/mol. The molecule has 0 saturated heterocycles. The van der Waals surface area contributed by atoms with Crippen molar-refractivity contribution in [3.63, 3.8) is 0 Å². The number of methoxy groups -OCH3 is 1. The lowest BCUT2D eigenvalue weighted by atomic mass is 10.1. The zero-order valence-electron chi connectivity index (χ0n) is 11.2. The quantitative estimate of drug-likeness (QED) is 0.852. The van der Waals surface area contributed by atoms with E-state index in [0.717, 1.165) is 11.3 Å². The molecule has 1 aromatic carbocycles. The Balaban J connectivity index is 1.91. The Morgan fingerprint density at radius 1 is 1.32 bits per heavy atom. The van der Waals surface area contributed by atoms with E-state index in [2.05, 4.69) is 23.7 Å². The lowest BCUT2D eigenvalue weighted by Crippen LogP contribution is -2.24. The normalized spacial score (nSPS) is 14.1. The van der Waals surface area contributed by atoms with E-state index >= 15 is 0 Å². The van der Waals surface area contributed by atoms with E-state index in [-0.39, 0.29) is 6.04 Å². The van der Waals surface area contributed by atoms with Crippen LogP contribution in [-0.2, 0) is 0 Å². The molecule has 0 bridgehead atoms. The molecule has 0 saturated carbocycles. The fraction of sp³-hybridized carbons (Fsp3) is 0.333. The highest BCUT2D eigenvalue weighted by molar-refractivity contribution is 7.10. The second-order valence-electron chi connectivity index (χ2n) is 4.44. The summed E-state index contributed by atoms with van der Waals surface area (Å²) in [4.78, 5) is 1.28. The molecule has 0 spiro atoms. The second kappa shape index (κ2) is 6.70. The van der Waals surface area contributed by atoms with Crippen molar-refractivity contribution in [2.24, 2.45) is 0 Å². The SMILES string of the molecule is COc1cccc(C(O)CN[C@H](C)c2cccs2)c1.